The summed E-state index contributed by atoms with van der Waals surface area (Å²) >= 11 is 0. The van der Waals surface area contributed by atoms with E-state index >= 15 is 0 Å². The van der Waals surface area contributed by atoms with E-state index in [1.54, 1.807) is 0 Å². The third-order valence-corrected chi connectivity index (χ3v) is 6.01. The van der Waals surface area contributed by atoms with Gasteiger partial charge in [0.1, 0.15) is 5.82 Å². The van der Waals surface area contributed by atoms with Gasteiger partial charge < -0.3 is 4.98 Å². The maximum Gasteiger partial charge on any atom is 0.121 e. The first-order valence-corrected chi connectivity index (χ1v) is 9.81. The van der Waals surface area contributed by atoms with E-state index in [1.165, 1.54) is 31.5 Å². The molecule has 0 aliphatic carbocycles. The van der Waals surface area contributed by atoms with E-state index in [4.69, 9.17) is 4.98 Å². The van der Waals surface area contributed by atoms with Crippen LogP contribution in [0.15, 0.2) is 54.6 Å². The van der Waals surface area contributed by atoms with Crippen molar-refractivity contribution in [3.05, 3.63) is 66.0 Å². The van der Waals surface area contributed by atoms with Crippen LogP contribution in [0.5, 0.6) is 0 Å². The highest BCUT2D eigenvalue weighted by Gasteiger charge is 2.36. The molecule has 3 heterocycles. The molecule has 0 spiro atoms. The number of imidazole rings is 1. The predicted octanol–water partition coefficient (Wildman–Crippen LogP) is 3.45. The van der Waals surface area contributed by atoms with Gasteiger partial charge in [-0.25, -0.2) is 4.98 Å². The van der Waals surface area contributed by atoms with Gasteiger partial charge in [0.25, 0.3) is 0 Å². The molecule has 5 rings (SSSR count). The van der Waals surface area contributed by atoms with Crippen molar-refractivity contribution in [3.63, 3.8) is 0 Å². The molecule has 2 aliphatic heterocycles. The van der Waals surface area contributed by atoms with Crippen LogP contribution in [0.3, 0.4) is 0 Å². The van der Waals surface area contributed by atoms with Crippen molar-refractivity contribution in [2.24, 2.45) is 0 Å². The van der Waals surface area contributed by atoms with Crippen molar-refractivity contribution in [2.75, 3.05) is 19.6 Å². The molecular formula is C22H26N4. The van der Waals surface area contributed by atoms with Crippen LogP contribution < -0.4 is 0 Å². The van der Waals surface area contributed by atoms with Crippen LogP contribution in [0.2, 0.25) is 0 Å². The first-order valence-electron chi connectivity index (χ1n) is 9.81. The van der Waals surface area contributed by atoms with Crippen LogP contribution in [0, 0.1) is 0 Å². The number of aromatic nitrogens is 2. The topological polar surface area (TPSA) is 35.2 Å². The van der Waals surface area contributed by atoms with E-state index < -0.39 is 0 Å². The van der Waals surface area contributed by atoms with Crippen LogP contribution in [-0.4, -0.2) is 51.5 Å². The van der Waals surface area contributed by atoms with E-state index in [0.29, 0.717) is 6.04 Å². The fraction of sp³-hybridized carbons (Fsp3) is 0.409. The number of nitrogens with zero attached hydrogens (tertiary/aromatic N) is 3. The molecule has 2 atom stereocenters. The lowest BCUT2D eigenvalue weighted by Gasteiger charge is -2.43. The Morgan fingerprint density at radius 1 is 1.00 bits per heavy atom. The average molecular weight is 346 g/mol. The van der Waals surface area contributed by atoms with Crippen molar-refractivity contribution in [1.29, 1.82) is 0 Å². The number of fused-ring (bicyclic) bond motifs is 2. The van der Waals surface area contributed by atoms with Gasteiger partial charge in [-0.15, -0.1) is 0 Å². The zero-order valence-electron chi connectivity index (χ0n) is 15.1. The lowest BCUT2D eigenvalue weighted by molar-refractivity contribution is 0.0440. The Morgan fingerprint density at radius 3 is 2.73 bits per heavy atom. The molecule has 2 aromatic carbocycles. The minimum atomic E-state index is 0.556. The normalized spacial score (nSPS) is 24.2. The number of hydrogen-bond acceptors (Lipinski definition) is 3. The summed E-state index contributed by atoms with van der Waals surface area (Å²) in [5, 5.41) is 0. The summed E-state index contributed by atoms with van der Waals surface area (Å²) in [6, 6.07) is 20.5. The van der Waals surface area contributed by atoms with Gasteiger partial charge in [-0.2, -0.15) is 0 Å². The Bertz CT molecular complexity index is 839. The van der Waals surface area contributed by atoms with Gasteiger partial charge in [0, 0.05) is 25.2 Å². The second-order valence-electron chi connectivity index (χ2n) is 7.76. The molecule has 0 bridgehead atoms. The van der Waals surface area contributed by atoms with E-state index in [2.05, 4.69) is 69.4 Å². The summed E-state index contributed by atoms with van der Waals surface area (Å²) < 4.78 is 0. The molecule has 3 aromatic rings. The van der Waals surface area contributed by atoms with Crippen LogP contribution in [0.1, 0.15) is 24.2 Å². The number of nitrogens with one attached hydrogen (secondary N) is 1. The molecule has 0 saturated carbocycles. The number of piperazine rings is 1. The van der Waals surface area contributed by atoms with Crippen molar-refractivity contribution < 1.29 is 0 Å². The Hall–Kier alpha value is -2.17. The summed E-state index contributed by atoms with van der Waals surface area (Å²) in [6.45, 7) is 4.53. The fourth-order valence-electron chi connectivity index (χ4n) is 4.69. The molecule has 26 heavy (non-hydrogen) atoms. The minimum absolute atomic E-state index is 0.556. The highest BCUT2D eigenvalue weighted by atomic mass is 15.3. The zero-order valence-corrected chi connectivity index (χ0v) is 15.1. The molecule has 2 fully saturated rings. The number of H-pyrrole nitrogens is 1. The number of rotatable bonds is 4. The Labute approximate surface area is 154 Å². The first-order chi connectivity index (χ1) is 12.8. The molecule has 2 aliphatic rings. The lowest BCUT2D eigenvalue weighted by atomic mass is 10.00. The van der Waals surface area contributed by atoms with Crippen LogP contribution in [-0.2, 0) is 13.0 Å². The van der Waals surface area contributed by atoms with E-state index in [9.17, 15) is 0 Å². The van der Waals surface area contributed by atoms with Crippen LogP contribution >= 0.6 is 0 Å². The van der Waals surface area contributed by atoms with Crippen LogP contribution in [0.4, 0.5) is 0 Å². The van der Waals surface area contributed by atoms with Crippen molar-refractivity contribution in [1.82, 2.24) is 19.8 Å². The zero-order chi connectivity index (χ0) is 17.3. The summed E-state index contributed by atoms with van der Waals surface area (Å²) in [4.78, 5) is 13.7. The fourth-order valence-corrected chi connectivity index (χ4v) is 4.69. The van der Waals surface area contributed by atoms with Crippen LogP contribution in [0.25, 0.3) is 11.0 Å². The van der Waals surface area contributed by atoms with E-state index in [0.717, 1.165) is 42.4 Å². The van der Waals surface area contributed by atoms with Gasteiger partial charge in [0.05, 0.1) is 17.6 Å². The number of para-hydroxylation sites is 2. The molecule has 4 nitrogen and oxygen atoms in total. The third kappa shape index (κ3) is 3.15. The van der Waals surface area contributed by atoms with Crippen molar-refractivity contribution in [2.45, 2.75) is 37.9 Å². The highest BCUT2D eigenvalue weighted by Crippen LogP contribution is 2.27. The summed E-state index contributed by atoms with van der Waals surface area (Å²) in [6.07, 6.45) is 3.81. The first kappa shape index (κ1) is 16.0. The quantitative estimate of drug-likeness (QED) is 0.786. The predicted molar refractivity (Wildman–Crippen MR) is 105 cm³/mol. The van der Waals surface area contributed by atoms with E-state index in [1.807, 2.05) is 0 Å². The molecule has 0 unspecified atom stereocenters. The Morgan fingerprint density at radius 2 is 1.85 bits per heavy atom. The minimum Gasteiger partial charge on any atom is -0.341 e. The maximum atomic E-state index is 4.82. The van der Waals surface area contributed by atoms with Gasteiger partial charge in [0.15, 0.2) is 0 Å². The third-order valence-electron chi connectivity index (χ3n) is 6.01. The number of benzene rings is 2. The smallest absolute Gasteiger partial charge is 0.121 e. The Balaban J connectivity index is 1.39. The second kappa shape index (κ2) is 6.86. The summed E-state index contributed by atoms with van der Waals surface area (Å²) in [5.41, 5.74) is 3.65. The monoisotopic (exact) mass is 346 g/mol. The van der Waals surface area contributed by atoms with Crippen molar-refractivity contribution >= 4 is 11.0 Å². The number of hydrogen-bond donors (Lipinski definition) is 1. The van der Waals surface area contributed by atoms with E-state index in [-0.39, 0.29) is 0 Å². The molecule has 134 valence electrons. The van der Waals surface area contributed by atoms with Gasteiger partial charge in [-0.3, -0.25) is 9.80 Å². The molecular weight excluding hydrogens is 320 g/mol. The maximum absolute atomic E-state index is 4.82. The Kier molecular flexibility index (Phi) is 4.23. The number of aromatic amines is 1. The molecule has 0 radical (unpaired) electrons. The van der Waals surface area contributed by atoms with Crippen molar-refractivity contribution in [3.8, 4) is 0 Å². The standard InChI is InChI=1S/C22H26N4/c1-2-7-17(8-3-1)13-19-15-25-12-6-9-18(25)14-26(19)16-22-23-20-10-4-5-11-21(20)24-22/h1-5,7-8,10-11,18-19H,6,9,12-16H2,(H,23,24)/t18-,19-/m0/s1. The van der Waals surface area contributed by atoms with Gasteiger partial charge in [0.2, 0.25) is 0 Å². The lowest BCUT2D eigenvalue weighted by Crippen LogP contribution is -2.56. The molecule has 1 N–H and O–H groups in total. The molecule has 4 heteroatoms. The van der Waals surface area contributed by atoms with Gasteiger partial charge >= 0.3 is 0 Å². The molecule has 0 amide bonds. The molecule has 2 saturated heterocycles. The summed E-state index contributed by atoms with van der Waals surface area (Å²) in [5.74, 6) is 1.09. The summed E-state index contributed by atoms with van der Waals surface area (Å²) in [7, 11) is 0. The SMILES string of the molecule is c1ccc(C[C@H]2CN3CCC[C@H]3CN2Cc2nc3ccccc3[nH]2)cc1. The van der Waals surface area contributed by atoms with Gasteiger partial charge in [-0.1, -0.05) is 42.5 Å². The van der Waals surface area contributed by atoms with Gasteiger partial charge in [-0.05, 0) is 43.5 Å². The highest BCUT2D eigenvalue weighted by molar-refractivity contribution is 5.74. The second-order valence-corrected chi connectivity index (χ2v) is 7.76. The average Bonchev–Trinajstić information content (AvgIpc) is 3.28. The molecule has 1 aromatic heterocycles. The largest absolute Gasteiger partial charge is 0.341 e.